The Morgan fingerprint density at radius 3 is 1.31 bits per heavy atom. The zero-order chi connectivity index (χ0) is 45.6. The van der Waals surface area contributed by atoms with Gasteiger partial charge >= 0.3 is 11.9 Å². The smallest absolute Gasteiger partial charge is 0.310 e. The lowest BCUT2D eigenvalue weighted by atomic mass is 10.0. The Hall–Kier alpha value is -3.01. The van der Waals surface area contributed by atoms with Crippen LogP contribution in [0.2, 0.25) is 0 Å². The van der Waals surface area contributed by atoms with E-state index in [1.165, 1.54) is 122 Å². The van der Waals surface area contributed by atoms with E-state index < -0.39 is 24.3 Å². The minimum absolute atomic E-state index is 0.0152. The van der Waals surface area contributed by atoms with Crippen molar-refractivity contribution < 1.29 is 42.9 Å². The normalized spacial score (nSPS) is 13.4. The highest BCUT2D eigenvalue weighted by molar-refractivity contribution is 5.71. The summed E-state index contributed by atoms with van der Waals surface area (Å²) in [4.78, 5) is 37.0. The van der Waals surface area contributed by atoms with Gasteiger partial charge < -0.3 is 33.3 Å². The fourth-order valence-electron chi connectivity index (χ4n) is 6.73. The molecule has 9 nitrogen and oxygen atoms in total. The van der Waals surface area contributed by atoms with E-state index in [4.69, 9.17) is 18.9 Å². The number of aliphatic carboxylic acids is 1. The highest BCUT2D eigenvalue weighted by Gasteiger charge is 2.21. The van der Waals surface area contributed by atoms with Crippen molar-refractivity contribution in [3.8, 4) is 0 Å². The van der Waals surface area contributed by atoms with Crippen molar-refractivity contribution >= 4 is 17.9 Å². The fraction of sp³-hybridized carbons (Fsp3) is 0.755. The Kier molecular flexibility index (Phi) is 42.4. The average molecular weight is 872 g/mol. The largest absolute Gasteiger partial charge is 0.545 e. The summed E-state index contributed by atoms with van der Waals surface area (Å²) in [6.07, 6.45) is 51.5. The van der Waals surface area contributed by atoms with Crippen LogP contribution in [0.3, 0.4) is 0 Å². The highest BCUT2D eigenvalue weighted by Crippen LogP contribution is 2.16. The van der Waals surface area contributed by atoms with Crippen molar-refractivity contribution in [3.05, 3.63) is 60.8 Å². The first kappa shape index (κ1) is 59.0. The Labute approximate surface area is 380 Å². The number of esters is 2. The van der Waals surface area contributed by atoms with Crippen LogP contribution in [0, 0.1) is 0 Å². The minimum atomic E-state index is -1.64. The van der Waals surface area contributed by atoms with Gasteiger partial charge in [0.1, 0.15) is 13.2 Å². The maximum Gasteiger partial charge on any atom is 0.310 e. The van der Waals surface area contributed by atoms with Crippen molar-refractivity contribution in [2.45, 2.75) is 212 Å². The number of carboxylic acids is 1. The van der Waals surface area contributed by atoms with E-state index in [0.717, 1.165) is 44.9 Å². The molecule has 2 unspecified atom stereocenters. The van der Waals surface area contributed by atoms with E-state index >= 15 is 0 Å². The summed E-state index contributed by atoms with van der Waals surface area (Å²) in [6.45, 7) is 4.52. The van der Waals surface area contributed by atoms with Crippen LogP contribution in [0.15, 0.2) is 60.8 Å². The van der Waals surface area contributed by atoms with Gasteiger partial charge in [0, 0.05) is 6.42 Å². The molecule has 0 spiro atoms. The first-order valence-corrected chi connectivity index (χ1v) is 24.9. The molecule has 0 heterocycles. The third-order valence-corrected chi connectivity index (χ3v) is 10.6. The lowest BCUT2D eigenvalue weighted by molar-refractivity contribution is -0.870. The number of nitrogens with zero attached hydrogens (tertiary/aromatic N) is 1. The number of allylic oxidation sites excluding steroid dienone is 9. The summed E-state index contributed by atoms with van der Waals surface area (Å²) < 4.78 is 22.5. The zero-order valence-corrected chi connectivity index (χ0v) is 40.5. The van der Waals surface area contributed by atoms with Crippen molar-refractivity contribution in [2.75, 3.05) is 47.5 Å². The first-order valence-electron chi connectivity index (χ1n) is 24.9. The third kappa shape index (κ3) is 45.0. The lowest BCUT2D eigenvalue weighted by Gasteiger charge is -2.26. The van der Waals surface area contributed by atoms with E-state index in [-0.39, 0.29) is 38.6 Å². The number of carboxylic acid groups (broad SMARTS) is 1. The number of carbonyl (C=O) groups is 3. The second kappa shape index (κ2) is 44.6. The number of unbranched alkanes of at least 4 members (excludes halogenated alkanes) is 21. The van der Waals surface area contributed by atoms with Crippen molar-refractivity contribution in [3.63, 3.8) is 0 Å². The Morgan fingerprint density at radius 1 is 0.500 bits per heavy atom. The van der Waals surface area contributed by atoms with Crippen LogP contribution in [-0.4, -0.2) is 82.3 Å². The SMILES string of the molecule is CC/C=C\C/C=C\C/C=C\C/C=C\C/C=C\CC(=O)OC(COC(=O)CCCCCCCCCCCCCCCCCCCCCCCC)COC(OCC[N+](C)(C)C)C(=O)[O-]. The molecule has 0 aromatic heterocycles. The van der Waals surface area contributed by atoms with Crippen molar-refractivity contribution in [1.29, 1.82) is 0 Å². The molecule has 0 aliphatic rings. The predicted octanol–water partition coefficient (Wildman–Crippen LogP) is 12.4. The van der Waals surface area contributed by atoms with Crippen LogP contribution < -0.4 is 5.11 Å². The molecule has 0 saturated carbocycles. The number of carbonyl (C=O) groups excluding carboxylic acids is 3. The average Bonchev–Trinajstić information content (AvgIpc) is 3.23. The second-order valence-corrected chi connectivity index (χ2v) is 17.8. The number of hydrogen-bond acceptors (Lipinski definition) is 8. The van der Waals surface area contributed by atoms with E-state index in [1.54, 1.807) is 6.08 Å². The Morgan fingerprint density at radius 2 is 0.903 bits per heavy atom. The summed E-state index contributed by atoms with van der Waals surface area (Å²) >= 11 is 0. The molecule has 0 radical (unpaired) electrons. The van der Waals surface area contributed by atoms with Gasteiger partial charge in [0.2, 0.25) is 0 Å². The summed E-state index contributed by atoms with van der Waals surface area (Å²) in [7, 11) is 5.88. The van der Waals surface area contributed by atoms with Gasteiger partial charge in [-0.2, -0.15) is 0 Å². The van der Waals surface area contributed by atoms with Crippen LogP contribution in [0.1, 0.15) is 200 Å². The molecule has 0 fully saturated rings. The van der Waals surface area contributed by atoms with Gasteiger partial charge in [0.25, 0.3) is 0 Å². The van der Waals surface area contributed by atoms with Crippen molar-refractivity contribution in [2.24, 2.45) is 0 Å². The molecule has 0 bridgehead atoms. The second-order valence-electron chi connectivity index (χ2n) is 17.8. The number of ether oxygens (including phenoxy) is 4. The van der Waals surface area contributed by atoms with Gasteiger partial charge in [-0.1, -0.05) is 209 Å². The molecule has 0 aliphatic carbocycles. The van der Waals surface area contributed by atoms with E-state index in [2.05, 4.69) is 56.4 Å². The molecule has 9 heteroatoms. The van der Waals surface area contributed by atoms with Crippen LogP contribution in [0.25, 0.3) is 0 Å². The predicted molar refractivity (Wildman–Crippen MR) is 255 cm³/mol. The lowest BCUT2D eigenvalue weighted by Crippen LogP contribution is -2.44. The van der Waals surface area contributed by atoms with E-state index in [1.807, 2.05) is 33.3 Å². The Balaban J connectivity index is 4.38. The van der Waals surface area contributed by atoms with Gasteiger partial charge in [-0.15, -0.1) is 0 Å². The summed E-state index contributed by atoms with van der Waals surface area (Å²) in [5, 5.41) is 11.7. The topological polar surface area (TPSA) is 111 Å². The molecule has 0 aromatic carbocycles. The molecule has 0 saturated heterocycles. The summed E-state index contributed by atoms with van der Waals surface area (Å²) in [5.74, 6) is -2.45. The molecule has 0 rings (SSSR count). The van der Waals surface area contributed by atoms with Gasteiger partial charge in [-0.25, -0.2) is 0 Å². The molecule has 0 aliphatic heterocycles. The summed E-state index contributed by atoms with van der Waals surface area (Å²) in [6, 6.07) is 0. The minimum Gasteiger partial charge on any atom is -0.545 e. The molecule has 358 valence electrons. The quantitative estimate of drug-likeness (QED) is 0.0196. The highest BCUT2D eigenvalue weighted by atomic mass is 16.7. The zero-order valence-electron chi connectivity index (χ0n) is 40.5. The van der Waals surface area contributed by atoms with Crippen LogP contribution in [0.4, 0.5) is 0 Å². The maximum absolute atomic E-state index is 12.7. The summed E-state index contributed by atoms with van der Waals surface area (Å²) in [5.41, 5.74) is 0. The first-order chi connectivity index (χ1) is 30.1. The Bertz CT molecular complexity index is 1200. The molecule has 0 aromatic rings. The number of likely N-dealkylation sites (N-methyl/N-ethyl adjacent to an activating group) is 1. The van der Waals surface area contributed by atoms with E-state index in [9.17, 15) is 19.5 Å². The van der Waals surface area contributed by atoms with Crippen LogP contribution in [-0.2, 0) is 33.3 Å². The van der Waals surface area contributed by atoms with Crippen LogP contribution >= 0.6 is 0 Å². The number of hydrogen-bond donors (Lipinski definition) is 0. The molecule has 62 heavy (non-hydrogen) atoms. The molecule has 0 amide bonds. The maximum atomic E-state index is 12.7. The van der Waals surface area contributed by atoms with Gasteiger partial charge in [0.15, 0.2) is 12.4 Å². The number of rotatable bonds is 45. The van der Waals surface area contributed by atoms with Gasteiger partial charge in [-0.3, -0.25) is 9.59 Å². The van der Waals surface area contributed by atoms with Crippen LogP contribution in [0.5, 0.6) is 0 Å². The number of quaternary nitrogens is 1. The standard InChI is InChI=1S/C53H93NO8/c1-6-8-10-12-14-16-18-20-22-23-24-25-26-27-28-30-31-33-35-37-39-41-43-50(55)60-47-49(48-61-53(52(57)58)59-46-45-54(3,4)5)62-51(56)44-42-40-38-36-34-32-29-21-19-17-15-13-11-9-7-2/h9,11,15,17,21,29,34,36,40,42,49,53H,6-8,10,12-14,16,18-20,22-28,30-33,35,37-39,41,43-48H2,1-5H3/b11-9-,17-15-,29-21-,36-34-,42-40-. The van der Waals surface area contributed by atoms with E-state index in [0.29, 0.717) is 17.4 Å². The third-order valence-electron chi connectivity index (χ3n) is 10.6. The monoisotopic (exact) mass is 872 g/mol. The van der Waals surface area contributed by atoms with Crippen molar-refractivity contribution in [1.82, 2.24) is 0 Å². The van der Waals surface area contributed by atoms with Gasteiger partial charge in [-0.05, 0) is 38.5 Å². The molecule has 0 N–H and O–H groups in total. The molecule has 2 atom stereocenters. The molecular weight excluding hydrogens is 779 g/mol. The molecular formula is C53H93NO8. The fourth-order valence-corrected chi connectivity index (χ4v) is 6.73. The van der Waals surface area contributed by atoms with Gasteiger partial charge in [0.05, 0.1) is 46.7 Å².